The molecule has 0 amide bonds. The van der Waals surface area contributed by atoms with Gasteiger partial charge in [-0.2, -0.15) is 9.41 Å². The van der Waals surface area contributed by atoms with Crippen LogP contribution in [0.1, 0.15) is 24.0 Å². The highest BCUT2D eigenvalue weighted by molar-refractivity contribution is 7.89. The monoisotopic (exact) mass is 550 g/mol. The Bertz CT molecular complexity index is 1460. The number of thiazole rings is 1. The third-order valence-electron chi connectivity index (χ3n) is 6.46. The van der Waals surface area contributed by atoms with Gasteiger partial charge in [0.05, 0.1) is 16.8 Å². The van der Waals surface area contributed by atoms with Gasteiger partial charge in [-0.3, -0.25) is 5.43 Å². The lowest BCUT2D eigenvalue weighted by Gasteiger charge is -2.31. The van der Waals surface area contributed by atoms with Gasteiger partial charge in [0, 0.05) is 29.1 Å². The molecule has 0 atom stereocenters. The number of anilines is 1. The number of hydrogen-bond acceptors (Lipinski definition) is 6. The van der Waals surface area contributed by atoms with Crippen LogP contribution in [0.25, 0.3) is 11.3 Å². The Morgan fingerprint density at radius 1 is 1.03 bits per heavy atom. The van der Waals surface area contributed by atoms with Crippen molar-refractivity contribution in [2.24, 2.45) is 11.0 Å². The van der Waals surface area contributed by atoms with E-state index in [4.69, 9.17) is 11.6 Å². The maximum absolute atomic E-state index is 13.2. The second-order valence-electron chi connectivity index (χ2n) is 9.02. The fourth-order valence-corrected chi connectivity index (χ4v) is 6.79. The first-order chi connectivity index (χ1) is 18.0. The molecule has 1 saturated heterocycles. The normalized spacial score (nSPS) is 15.3. The number of rotatable bonds is 8. The molecule has 0 radical (unpaired) electrons. The number of halogens is 1. The summed E-state index contributed by atoms with van der Waals surface area (Å²) >= 11 is 7.42. The SMILES string of the molecule is O=S(=O)(c1ccc(-c2csc(N/N=C\c3cccc(Cl)c3)n2)cc1)N1CCC(Cc2ccccc2)CC1. The molecule has 3 aromatic carbocycles. The standard InChI is InChI=1S/C28H27ClN4O2S2/c29-25-8-4-7-23(18-25)19-30-32-28-31-27(20-36-28)24-9-11-26(12-10-24)37(34,35)33-15-13-22(14-16-33)17-21-5-2-1-3-6-21/h1-12,18-20,22H,13-17H2,(H,31,32)/b30-19-. The molecule has 9 heteroatoms. The van der Waals surface area contributed by atoms with Crippen molar-refractivity contribution in [1.82, 2.24) is 9.29 Å². The van der Waals surface area contributed by atoms with Crippen molar-refractivity contribution in [3.63, 3.8) is 0 Å². The quantitative estimate of drug-likeness (QED) is 0.199. The van der Waals surface area contributed by atoms with Gasteiger partial charge in [0.2, 0.25) is 15.2 Å². The zero-order valence-electron chi connectivity index (χ0n) is 20.1. The van der Waals surface area contributed by atoms with Crippen molar-refractivity contribution in [3.8, 4) is 11.3 Å². The van der Waals surface area contributed by atoms with Crippen molar-refractivity contribution in [1.29, 1.82) is 0 Å². The van der Waals surface area contributed by atoms with E-state index >= 15 is 0 Å². The van der Waals surface area contributed by atoms with Crippen molar-refractivity contribution >= 4 is 44.3 Å². The third kappa shape index (κ3) is 6.45. The zero-order valence-corrected chi connectivity index (χ0v) is 22.5. The predicted octanol–water partition coefficient (Wildman–Crippen LogP) is 6.55. The summed E-state index contributed by atoms with van der Waals surface area (Å²) < 4.78 is 28.1. The molecule has 6 nitrogen and oxygen atoms in total. The van der Waals surface area contributed by atoms with E-state index in [1.807, 2.05) is 47.8 Å². The topological polar surface area (TPSA) is 74.7 Å². The number of aromatic nitrogens is 1. The summed E-state index contributed by atoms with van der Waals surface area (Å²) in [7, 11) is -3.52. The van der Waals surface area contributed by atoms with Crippen molar-refractivity contribution in [2.45, 2.75) is 24.2 Å². The van der Waals surface area contributed by atoms with Crippen LogP contribution in [0.4, 0.5) is 5.13 Å². The summed E-state index contributed by atoms with van der Waals surface area (Å²) in [5.74, 6) is 0.513. The van der Waals surface area contributed by atoms with Gasteiger partial charge in [-0.05, 0) is 60.6 Å². The number of hydrazone groups is 1. The summed E-state index contributed by atoms with van der Waals surface area (Å²) in [6.07, 6.45) is 4.43. The van der Waals surface area contributed by atoms with Gasteiger partial charge < -0.3 is 0 Å². The molecule has 2 heterocycles. The first-order valence-electron chi connectivity index (χ1n) is 12.1. The van der Waals surface area contributed by atoms with Crippen LogP contribution in [-0.4, -0.2) is 37.0 Å². The van der Waals surface area contributed by atoms with Gasteiger partial charge in [-0.1, -0.05) is 66.2 Å². The molecular weight excluding hydrogens is 524 g/mol. The largest absolute Gasteiger partial charge is 0.253 e. The van der Waals surface area contributed by atoms with Crippen LogP contribution < -0.4 is 5.43 Å². The average molecular weight is 551 g/mol. The van der Waals surface area contributed by atoms with Gasteiger partial charge in [-0.15, -0.1) is 11.3 Å². The van der Waals surface area contributed by atoms with Crippen LogP contribution >= 0.6 is 22.9 Å². The highest BCUT2D eigenvalue weighted by Crippen LogP contribution is 2.29. The maximum Gasteiger partial charge on any atom is 0.243 e. The fourth-order valence-electron chi connectivity index (χ4n) is 4.45. The Balaban J connectivity index is 1.18. The lowest BCUT2D eigenvalue weighted by Crippen LogP contribution is -2.38. The first-order valence-corrected chi connectivity index (χ1v) is 14.8. The van der Waals surface area contributed by atoms with E-state index in [0.717, 1.165) is 36.1 Å². The predicted molar refractivity (Wildman–Crippen MR) is 152 cm³/mol. The molecule has 37 heavy (non-hydrogen) atoms. The molecule has 1 aliphatic rings. The lowest BCUT2D eigenvalue weighted by atomic mass is 9.91. The minimum atomic E-state index is -3.52. The molecule has 0 spiro atoms. The molecule has 0 saturated carbocycles. The minimum Gasteiger partial charge on any atom is -0.253 e. The van der Waals surface area contributed by atoms with E-state index in [9.17, 15) is 8.42 Å². The molecule has 1 aliphatic heterocycles. The van der Waals surface area contributed by atoms with Crippen molar-refractivity contribution in [3.05, 3.63) is 100 Å². The van der Waals surface area contributed by atoms with E-state index < -0.39 is 10.0 Å². The lowest BCUT2D eigenvalue weighted by molar-refractivity contribution is 0.273. The zero-order chi connectivity index (χ0) is 25.7. The Labute approximate surface area is 226 Å². The molecular formula is C28H27ClN4O2S2. The Morgan fingerprint density at radius 2 is 1.78 bits per heavy atom. The molecule has 0 unspecified atom stereocenters. The van der Waals surface area contributed by atoms with Crippen LogP contribution in [0.15, 0.2) is 94.2 Å². The Morgan fingerprint density at radius 3 is 2.51 bits per heavy atom. The summed E-state index contributed by atoms with van der Waals surface area (Å²) in [5.41, 5.74) is 6.74. The summed E-state index contributed by atoms with van der Waals surface area (Å²) in [6.45, 7) is 1.11. The summed E-state index contributed by atoms with van der Waals surface area (Å²) in [5, 5.41) is 7.42. The van der Waals surface area contributed by atoms with E-state index in [-0.39, 0.29) is 0 Å². The summed E-state index contributed by atoms with van der Waals surface area (Å²) in [4.78, 5) is 4.88. The molecule has 0 aliphatic carbocycles. The maximum atomic E-state index is 13.2. The Kier molecular flexibility index (Phi) is 8.00. The molecule has 1 fully saturated rings. The highest BCUT2D eigenvalue weighted by atomic mass is 35.5. The van der Waals surface area contributed by atoms with Crippen LogP contribution in [-0.2, 0) is 16.4 Å². The first kappa shape index (κ1) is 25.6. The van der Waals surface area contributed by atoms with Crippen LogP contribution in [0, 0.1) is 5.92 Å². The molecule has 1 N–H and O–H groups in total. The Hall–Kier alpha value is -3.04. The van der Waals surface area contributed by atoms with Crippen molar-refractivity contribution in [2.75, 3.05) is 18.5 Å². The third-order valence-corrected chi connectivity index (χ3v) is 9.35. The highest BCUT2D eigenvalue weighted by Gasteiger charge is 2.29. The van der Waals surface area contributed by atoms with Crippen LogP contribution in [0.3, 0.4) is 0 Å². The summed E-state index contributed by atoms with van der Waals surface area (Å²) in [6, 6.07) is 24.8. The van der Waals surface area contributed by atoms with Crippen LogP contribution in [0.5, 0.6) is 0 Å². The van der Waals surface area contributed by atoms with E-state index in [1.165, 1.54) is 16.9 Å². The average Bonchev–Trinajstić information content (AvgIpc) is 3.39. The fraction of sp³-hybridized carbons (Fsp3) is 0.214. The molecule has 1 aromatic heterocycles. The van der Waals surface area contributed by atoms with Gasteiger partial charge in [0.15, 0.2) is 0 Å². The number of hydrogen-bond donors (Lipinski definition) is 1. The molecule has 0 bridgehead atoms. The second-order valence-corrected chi connectivity index (χ2v) is 12.3. The second kappa shape index (κ2) is 11.6. The minimum absolute atomic E-state index is 0.317. The number of nitrogens with zero attached hydrogens (tertiary/aromatic N) is 3. The molecule has 4 aromatic rings. The van der Waals surface area contributed by atoms with Gasteiger partial charge in [-0.25, -0.2) is 13.4 Å². The molecule has 5 rings (SSSR count). The van der Waals surface area contributed by atoms with E-state index in [1.54, 1.807) is 22.7 Å². The van der Waals surface area contributed by atoms with Gasteiger partial charge in [0.25, 0.3) is 0 Å². The number of piperidine rings is 1. The van der Waals surface area contributed by atoms with Crippen molar-refractivity contribution < 1.29 is 8.42 Å². The molecule has 190 valence electrons. The van der Waals surface area contributed by atoms with E-state index in [2.05, 4.69) is 39.8 Å². The van der Waals surface area contributed by atoms with E-state index in [0.29, 0.717) is 34.1 Å². The van der Waals surface area contributed by atoms with Gasteiger partial charge in [0.1, 0.15) is 0 Å². The number of sulfonamides is 1. The van der Waals surface area contributed by atoms with Crippen LogP contribution in [0.2, 0.25) is 5.02 Å². The smallest absolute Gasteiger partial charge is 0.243 e. The van der Waals surface area contributed by atoms with Gasteiger partial charge >= 0.3 is 0 Å². The number of nitrogens with one attached hydrogen (secondary N) is 1. The number of benzene rings is 3.